The van der Waals surface area contributed by atoms with Gasteiger partial charge in [-0.05, 0) is 69.5 Å². The SMILES string of the molecule is CCOc1cc(/C=N\NC(=O)C(=O)N[C@H](C)CC)ccc1OCC(=O)Nc1ccc(C)cc1C. The Hall–Kier alpha value is -3.88. The predicted molar refractivity (Wildman–Crippen MR) is 131 cm³/mol. The molecule has 0 bridgehead atoms. The summed E-state index contributed by atoms with van der Waals surface area (Å²) in [4.78, 5) is 35.9. The van der Waals surface area contributed by atoms with Crippen molar-refractivity contribution in [3.05, 3.63) is 53.1 Å². The Morgan fingerprint density at radius 2 is 1.76 bits per heavy atom. The van der Waals surface area contributed by atoms with Gasteiger partial charge in [-0.15, -0.1) is 0 Å². The average Bonchev–Trinajstić information content (AvgIpc) is 2.80. The van der Waals surface area contributed by atoms with E-state index in [0.717, 1.165) is 16.8 Å². The van der Waals surface area contributed by atoms with Crippen molar-refractivity contribution in [1.29, 1.82) is 0 Å². The lowest BCUT2D eigenvalue weighted by Crippen LogP contribution is -2.41. The van der Waals surface area contributed by atoms with Crippen LogP contribution in [0.15, 0.2) is 41.5 Å². The molecule has 9 nitrogen and oxygen atoms in total. The Labute approximate surface area is 199 Å². The molecule has 3 N–H and O–H groups in total. The van der Waals surface area contributed by atoms with Gasteiger partial charge in [0.15, 0.2) is 18.1 Å². The fourth-order valence-corrected chi connectivity index (χ4v) is 2.88. The highest BCUT2D eigenvalue weighted by atomic mass is 16.5. The van der Waals surface area contributed by atoms with Crippen LogP contribution in [0.5, 0.6) is 11.5 Å². The van der Waals surface area contributed by atoms with E-state index >= 15 is 0 Å². The highest BCUT2D eigenvalue weighted by molar-refractivity contribution is 6.35. The molecule has 0 aromatic heterocycles. The monoisotopic (exact) mass is 468 g/mol. The molecule has 0 fully saturated rings. The number of amides is 3. The summed E-state index contributed by atoms with van der Waals surface area (Å²) in [6.45, 7) is 9.65. The van der Waals surface area contributed by atoms with Crippen molar-refractivity contribution < 1.29 is 23.9 Å². The molecule has 0 radical (unpaired) electrons. The Morgan fingerprint density at radius 1 is 1.00 bits per heavy atom. The third-order valence-electron chi connectivity index (χ3n) is 4.86. The number of rotatable bonds is 10. The van der Waals surface area contributed by atoms with Gasteiger partial charge in [0.2, 0.25) is 0 Å². The number of benzene rings is 2. The van der Waals surface area contributed by atoms with Gasteiger partial charge in [0, 0.05) is 11.7 Å². The van der Waals surface area contributed by atoms with Crippen molar-refractivity contribution in [2.24, 2.45) is 5.10 Å². The summed E-state index contributed by atoms with van der Waals surface area (Å²) in [5.74, 6) is -1.07. The lowest BCUT2D eigenvalue weighted by Gasteiger charge is -2.13. The molecule has 182 valence electrons. The second-order valence-electron chi connectivity index (χ2n) is 7.78. The molecular formula is C25H32N4O5. The lowest BCUT2D eigenvalue weighted by atomic mass is 10.1. The Balaban J connectivity index is 1.97. The molecule has 2 rings (SSSR count). The fourth-order valence-electron chi connectivity index (χ4n) is 2.88. The van der Waals surface area contributed by atoms with Gasteiger partial charge in [0.05, 0.1) is 12.8 Å². The van der Waals surface area contributed by atoms with E-state index in [4.69, 9.17) is 9.47 Å². The van der Waals surface area contributed by atoms with E-state index in [9.17, 15) is 14.4 Å². The largest absolute Gasteiger partial charge is 0.490 e. The highest BCUT2D eigenvalue weighted by Gasteiger charge is 2.14. The number of carbonyl (C=O) groups is 3. The molecule has 2 aromatic rings. The first-order valence-corrected chi connectivity index (χ1v) is 11.1. The van der Waals surface area contributed by atoms with Gasteiger partial charge in [0.25, 0.3) is 5.91 Å². The Morgan fingerprint density at radius 3 is 2.44 bits per heavy atom. The number of nitrogens with one attached hydrogen (secondary N) is 3. The number of hydrogen-bond acceptors (Lipinski definition) is 6. The summed E-state index contributed by atoms with van der Waals surface area (Å²) in [6, 6.07) is 10.7. The van der Waals surface area contributed by atoms with Gasteiger partial charge in [0.1, 0.15) is 0 Å². The molecular weight excluding hydrogens is 436 g/mol. The predicted octanol–water partition coefficient (Wildman–Crippen LogP) is 3.08. The van der Waals surface area contributed by atoms with Crippen molar-refractivity contribution in [2.75, 3.05) is 18.5 Å². The van der Waals surface area contributed by atoms with Gasteiger partial charge in [-0.2, -0.15) is 5.10 Å². The van der Waals surface area contributed by atoms with Crippen LogP contribution in [0.1, 0.15) is 43.9 Å². The molecule has 0 aliphatic heterocycles. The van der Waals surface area contributed by atoms with Crippen LogP contribution in [0.25, 0.3) is 0 Å². The van der Waals surface area contributed by atoms with Crippen LogP contribution >= 0.6 is 0 Å². The molecule has 34 heavy (non-hydrogen) atoms. The summed E-state index contributed by atoms with van der Waals surface area (Å²) in [5, 5.41) is 9.21. The zero-order valence-electron chi connectivity index (χ0n) is 20.2. The molecule has 0 aliphatic rings. The minimum Gasteiger partial charge on any atom is -0.490 e. The van der Waals surface area contributed by atoms with Crippen LogP contribution in [0.3, 0.4) is 0 Å². The van der Waals surface area contributed by atoms with E-state index in [2.05, 4.69) is 21.2 Å². The number of hydrogen-bond donors (Lipinski definition) is 3. The number of nitrogens with zero attached hydrogens (tertiary/aromatic N) is 1. The van der Waals surface area contributed by atoms with Gasteiger partial charge in [-0.1, -0.05) is 24.6 Å². The maximum absolute atomic E-state index is 12.3. The van der Waals surface area contributed by atoms with Crippen LogP contribution in [-0.2, 0) is 14.4 Å². The molecule has 1 atom stereocenters. The zero-order chi connectivity index (χ0) is 25.1. The standard InChI is InChI=1S/C25H32N4O5/c1-6-18(5)27-24(31)25(32)29-26-14-19-9-11-21(22(13-19)33-7-2)34-15-23(30)28-20-10-8-16(3)12-17(20)4/h8-14,18H,6-7,15H2,1-5H3,(H,27,31)(H,28,30)(H,29,32)/b26-14-/t18-/m1/s1. The minimum absolute atomic E-state index is 0.105. The molecule has 0 unspecified atom stereocenters. The van der Waals surface area contributed by atoms with E-state index in [0.29, 0.717) is 30.1 Å². The molecule has 2 aromatic carbocycles. The highest BCUT2D eigenvalue weighted by Crippen LogP contribution is 2.28. The van der Waals surface area contributed by atoms with E-state index < -0.39 is 11.8 Å². The maximum atomic E-state index is 12.3. The summed E-state index contributed by atoms with van der Waals surface area (Å²) in [5.41, 5.74) is 5.62. The summed E-state index contributed by atoms with van der Waals surface area (Å²) < 4.78 is 11.3. The summed E-state index contributed by atoms with van der Waals surface area (Å²) in [6.07, 6.45) is 2.10. The third-order valence-corrected chi connectivity index (χ3v) is 4.86. The van der Waals surface area contributed by atoms with E-state index in [1.807, 2.05) is 45.9 Å². The van der Waals surface area contributed by atoms with Crippen molar-refractivity contribution in [1.82, 2.24) is 10.7 Å². The first-order chi connectivity index (χ1) is 16.2. The molecule has 0 heterocycles. The van der Waals surface area contributed by atoms with Crippen molar-refractivity contribution in [3.63, 3.8) is 0 Å². The Bertz CT molecular complexity index is 1050. The van der Waals surface area contributed by atoms with E-state index in [-0.39, 0.29) is 18.6 Å². The normalized spacial score (nSPS) is 11.6. The van der Waals surface area contributed by atoms with Crippen molar-refractivity contribution in [2.45, 2.75) is 47.1 Å². The molecule has 0 aliphatic carbocycles. The maximum Gasteiger partial charge on any atom is 0.329 e. The van der Waals surface area contributed by atoms with Crippen molar-refractivity contribution >= 4 is 29.6 Å². The quantitative estimate of drug-likeness (QED) is 0.281. The van der Waals surface area contributed by atoms with E-state index in [1.54, 1.807) is 25.1 Å². The van der Waals surface area contributed by atoms with Gasteiger partial charge in [-0.3, -0.25) is 14.4 Å². The fraction of sp³-hybridized carbons (Fsp3) is 0.360. The molecule has 9 heteroatoms. The third kappa shape index (κ3) is 8.23. The second-order valence-corrected chi connectivity index (χ2v) is 7.78. The molecule has 3 amide bonds. The number of hydrazone groups is 1. The van der Waals surface area contributed by atoms with Gasteiger partial charge < -0.3 is 20.1 Å². The lowest BCUT2D eigenvalue weighted by molar-refractivity contribution is -0.139. The first kappa shape index (κ1) is 26.4. The van der Waals surface area contributed by atoms with Crippen LogP contribution in [0.2, 0.25) is 0 Å². The first-order valence-electron chi connectivity index (χ1n) is 11.1. The van der Waals surface area contributed by atoms with Crippen LogP contribution in [0.4, 0.5) is 5.69 Å². The molecule has 0 spiro atoms. The number of anilines is 1. The smallest absolute Gasteiger partial charge is 0.329 e. The topological polar surface area (TPSA) is 118 Å². The summed E-state index contributed by atoms with van der Waals surface area (Å²) in [7, 11) is 0. The number of carbonyl (C=O) groups excluding carboxylic acids is 3. The minimum atomic E-state index is -0.851. The average molecular weight is 469 g/mol. The van der Waals surface area contributed by atoms with Crippen LogP contribution in [-0.4, -0.2) is 43.2 Å². The second kappa shape index (κ2) is 13.0. The zero-order valence-corrected chi connectivity index (χ0v) is 20.2. The van der Waals surface area contributed by atoms with Crippen LogP contribution in [0, 0.1) is 13.8 Å². The number of aryl methyl sites for hydroxylation is 2. The summed E-state index contributed by atoms with van der Waals surface area (Å²) >= 11 is 0. The number of ether oxygens (including phenoxy) is 2. The Kier molecular flexibility index (Phi) is 10.1. The molecule has 0 saturated heterocycles. The van der Waals surface area contributed by atoms with E-state index in [1.165, 1.54) is 6.21 Å². The molecule has 0 saturated carbocycles. The van der Waals surface area contributed by atoms with Gasteiger partial charge in [-0.25, -0.2) is 5.43 Å². The van der Waals surface area contributed by atoms with Crippen LogP contribution < -0.4 is 25.5 Å². The van der Waals surface area contributed by atoms with Gasteiger partial charge >= 0.3 is 11.8 Å². The van der Waals surface area contributed by atoms with Crippen molar-refractivity contribution in [3.8, 4) is 11.5 Å².